The summed E-state index contributed by atoms with van der Waals surface area (Å²) in [6.45, 7) is 4.03. The van der Waals surface area contributed by atoms with E-state index in [2.05, 4.69) is 10.1 Å². The van der Waals surface area contributed by atoms with Crippen LogP contribution in [-0.4, -0.2) is 16.2 Å². The Morgan fingerprint density at radius 3 is 2.73 bits per heavy atom. The fourth-order valence-corrected chi connectivity index (χ4v) is 2.94. The van der Waals surface area contributed by atoms with Gasteiger partial charge in [0.2, 0.25) is 5.89 Å². The third-order valence-corrected chi connectivity index (χ3v) is 4.09. The summed E-state index contributed by atoms with van der Waals surface area (Å²) in [4.78, 5) is 4.52. The molecule has 0 bridgehead atoms. The Kier molecular flexibility index (Phi) is 4.16. The van der Waals surface area contributed by atoms with E-state index < -0.39 is 5.54 Å². The molecular formula is C17H23N3O2. The van der Waals surface area contributed by atoms with Gasteiger partial charge in [-0.3, -0.25) is 0 Å². The number of hydrogen-bond donors (Lipinski definition) is 1. The molecule has 0 spiro atoms. The zero-order valence-corrected chi connectivity index (χ0v) is 13.2. The first-order valence-corrected chi connectivity index (χ1v) is 7.93. The Bertz CT molecular complexity index is 630. The third-order valence-electron chi connectivity index (χ3n) is 4.09. The maximum Gasteiger partial charge on any atom is 0.231 e. The van der Waals surface area contributed by atoms with Crippen LogP contribution in [0.15, 0.2) is 28.8 Å². The van der Waals surface area contributed by atoms with Gasteiger partial charge in [-0.25, -0.2) is 0 Å². The van der Waals surface area contributed by atoms with Crippen molar-refractivity contribution in [1.29, 1.82) is 0 Å². The standard InChI is InChI=1S/C17H23N3O2/c1-12(2)21-14-8-4-3-7-13(14)11-15-19-16(20-22-15)17(18)9-5-6-10-17/h3-4,7-8,12H,5-6,9-11,18H2,1-2H3. The van der Waals surface area contributed by atoms with Crippen LogP contribution in [0.25, 0.3) is 0 Å². The molecule has 0 saturated heterocycles. The molecule has 0 radical (unpaired) electrons. The number of rotatable bonds is 5. The van der Waals surface area contributed by atoms with E-state index in [1.54, 1.807) is 0 Å². The fourth-order valence-electron chi connectivity index (χ4n) is 2.94. The average Bonchev–Trinajstić information content (AvgIpc) is 3.11. The van der Waals surface area contributed by atoms with Crippen molar-refractivity contribution in [2.75, 3.05) is 0 Å². The molecular weight excluding hydrogens is 278 g/mol. The monoisotopic (exact) mass is 301 g/mol. The second-order valence-corrected chi connectivity index (χ2v) is 6.33. The first kappa shape index (κ1) is 15.0. The van der Waals surface area contributed by atoms with Gasteiger partial charge in [0, 0.05) is 5.56 Å². The molecule has 1 heterocycles. The van der Waals surface area contributed by atoms with Gasteiger partial charge >= 0.3 is 0 Å². The molecule has 0 amide bonds. The van der Waals surface area contributed by atoms with Crippen LogP contribution in [-0.2, 0) is 12.0 Å². The van der Waals surface area contributed by atoms with Gasteiger partial charge in [0.25, 0.3) is 0 Å². The summed E-state index contributed by atoms with van der Waals surface area (Å²) >= 11 is 0. The van der Waals surface area contributed by atoms with Crippen molar-refractivity contribution in [3.8, 4) is 5.75 Å². The number of ether oxygens (including phenoxy) is 1. The lowest BCUT2D eigenvalue weighted by atomic mass is 9.99. The fraction of sp³-hybridized carbons (Fsp3) is 0.529. The molecule has 0 unspecified atom stereocenters. The van der Waals surface area contributed by atoms with Crippen LogP contribution in [0.3, 0.4) is 0 Å². The van der Waals surface area contributed by atoms with E-state index in [0.717, 1.165) is 37.0 Å². The molecule has 0 atom stereocenters. The first-order valence-electron chi connectivity index (χ1n) is 7.93. The van der Waals surface area contributed by atoms with Gasteiger partial charge in [-0.15, -0.1) is 0 Å². The maximum atomic E-state index is 6.37. The molecule has 5 heteroatoms. The SMILES string of the molecule is CC(C)Oc1ccccc1Cc1nc(C2(N)CCCC2)no1. The summed E-state index contributed by atoms with van der Waals surface area (Å²) in [7, 11) is 0. The Morgan fingerprint density at radius 1 is 1.27 bits per heavy atom. The molecule has 1 fully saturated rings. The topological polar surface area (TPSA) is 74.2 Å². The van der Waals surface area contributed by atoms with E-state index in [0.29, 0.717) is 18.1 Å². The van der Waals surface area contributed by atoms with Gasteiger partial charge in [0.05, 0.1) is 18.1 Å². The summed E-state index contributed by atoms with van der Waals surface area (Å²) in [6.07, 6.45) is 4.81. The molecule has 1 saturated carbocycles. The summed E-state index contributed by atoms with van der Waals surface area (Å²) in [5, 5.41) is 4.10. The largest absolute Gasteiger partial charge is 0.491 e. The lowest BCUT2D eigenvalue weighted by Crippen LogP contribution is -2.34. The third kappa shape index (κ3) is 3.14. The van der Waals surface area contributed by atoms with Crippen LogP contribution in [0.5, 0.6) is 5.75 Å². The molecule has 0 aliphatic heterocycles. The minimum absolute atomic E-state index is 0.130. The molecule has 22 heavy (non-hydrogen) atoms. The number of para-hydroxylation sites is 1. The van der Waals surface area contributed by atoms with Crippen LogP contribution in [0.1, 0.15) is 56.8 Å². The van der Waals surface area contributed by atoms with Gasteiger partial charge in [-0.05, 0) is 32.8 Å². The van der Waals surface area contributed by atoms with E-state index in [1.165, 1.54) is 0 Å². The quantitative estimate of drug-likeness (QED) is 0.918. The van der Waals surface area contributed by atoms with Gasteiger partial charge in [0.15, 0.2) is 5.82 Å². The minimum atomic E-state index is -0.407. The van der Waals surface area contributed by atoms with E-state index in [9.17, 15) is 0 Å². The normalized spacial score (nSPS) is 17.1. The number of benzene rings is 1. The average molecular weight is 301 g/mol. The van der Waals surface area contributed by atoms with Gasteiger partial charge in [-0.2, -0.15) is 4.98 Å². The van der Waals surface area contributed by atoms with Crippen molar-refractivity contribution in [3.63, 3.8) is 0 Å². The van der Waals surface area contributed by atoms with E-state index in [-0.39, 0.29) is 6.10 Å². The van der Waals surface area contributed by atoms with Gasteiger partial charge in [0.1, 0.15) is 5.75 Å². The van der Waals surface area contributed by atoms with E-state index in [1.807, 2.05) is 38.1 Å². The predicted molar refractivity (Wildman–Crippen MR) is 83.6 cm³/mol. The molecule has 3 rings (SSSR count). The highest BCUT2D eigenvalue weighted by Crippen LogP contribution is 2.34. The zero-order valence-electron chi connectivity index (χ0n) is 13.2. The number of nitrogens with two attached hydrogens (primary N) is 1. The predicted octanol–water partition coefficient (Wildman–Crippen LogP) is 3.18. The smallest absolute Gasteiger partial charge is 0.231 e. The number of nitrogens with zero attached hydrogens (tertiary/aromatic N) is 2. The Balaban J connectivity index is 1.78. The Labute approximate surface area is 130 Å². The van der Waals surface area contributed by atoms with Crippen LogP contribution < -0.4 is 10.5 Å². The van der Waals surface area contributed by atoms with Crippen molar-refractivity contribution in [2.45, 2.75) is 57.6 Å². The van der Waals surface area contributed by atoms with Crippen LogP contribution in [0, 0.1) is 0 Å². The number of aromatic nitrogens is 2. The Hall–Kier alpha value is -1.88. The van der Waals surface area contributed by atoms with Crippen molar-refractivity contribution >= 4 is 0 Å². The van der Waals surface area contributed by atoms with Crippen molar-refractivity contribution < 1.29 is 9.26 Å². The molecule has 1 aromatic carbocycles. The summed E-state index contributed by atoms with van der Waals surface area (Å²) in [5.41, 5.74) is 7.01. The van der Waals surface area contributed by atoms with Gasteiger partial charge < -0.3 is 15.0 Å². The lowest BCUT2D eigenvalue weighted by molar-refractivity contribution is 0.239. The molecule has 2 N–H and O–H groups in total. The first-order chi connectivity index (χ1) is 10.6. The highest BCUT2D eigenvalue weighted by Gasteiger charge is 2.35. The molecule has 1 aromatic heterocycles. The molecule has 1 aliphatic rings. The van der Waals surface area contributed by atoms with Crippen LogP contribution >= 0.6 is 0 Å². The van der Waals surface area contributed by atoms with Crippen molar-refractivity contribution in [1.82, 2.24) is 10.1 Å². The second kappa shape index (κ2) is 6.08. The summed E-state index contributed by atoms with van der Waals surface area (Å²) < 4.78 is 11.2. The lowest BCUT2D eigenvalue weighted by Gasteiger charge is -2.17. The molecule has 1 aliphatic carbocycles. The van der Waals surface area contributed by atoms with Crippen LogP contribution in [0.2, 0.25) is 0 Å². The second-order valence-electron chi connectivity index (χ2n) is 6.33. The maximum absolute atomic E-state index is 6.37. The highest BCUT2D eigenvalue weighted by molar-refractivity contribution is 5.35. The van der Waals surface area contributed by atoms with Crippen molar-refractivity contribution in [3.05, 3.63) is 41.5 Å². The van der Waals surface area contributed by atoms with Crippen molar-refractivity contribution in [2.24, 2.45) is 5.73 Å². The highest BCUT2D eigenvalue weighted by atomic mass is 16.5. The summed E-state index contributed by atoms with van der Waals surface area (Å²) in [6, 6.07) is 7.94. The minimum Gasteiger partial charge on any atom is -0.491 e. The summed E-state index contributed by atoms with van der Waals surface area (Å²) in [5.74, 6) is 2.09. The molecule has 5 nitrogen and oxygen atoms in total. The number of hydrogen-bond acceptors (Lipinski definition) is 5. The Morgan fingerprint density at radius 2 is 2.00 bits per heavy atom. The molecule has 2 aromatic rings. The van der Waals surface area contributed by atoms with E-state index in [4.69, 9.17) is 15.0 Å². The zero-order chi connectivity index (χ0) is 15.6. The van der Waals surface area contributed by atoms with Crippen LogP contribution in [0.4, 0.5) is 0 Å². The molecule has 118 valence electrons. The van der Waals surface area contributed by atoms with E-state index >= 15 is 0 Å². The van der Waals surface area contributed by atoms with Gasteiger partial charge in [-0.1, -0.05) is 36.2 Å².